The van der Waals surface area contributed by atoms with E-state index < -0.39 is 19.9 Å². The Morgan fingerprint density at radius 1 is 0.905 bits per heavy atom. The number of benzene rings is 2. The first-order valence-corrected chi connectivity index (χ1v) is 9.09. The zero-order chi connectivity index (χ0) is 15.4. The maximum absolute atomic E-state index is 12.5. The van der Waals surface area contributed by atoms with E-state index in [0.717, 1.165) is 4.31 Å². The van der Waals surface area contributed by atoms with Gasteiger partial charge in [-0.25, -0.2) is 21.1 Å². The van der Waals surface area contributed by atoms with Gasteiger partial charge in [-0.3, -0.25) is 0 Å². The lowest BCUT2D eigenvalue weighted by molar-refractivity contribution is 0.520. The molecule has 1 aliphatic rings. The van der Waals surface area contributed by atoms with Gasteiger partial charge in [-0.05, 0) is 18.2 Å². The van der Waals surface area contributed by atoms with Gasteiger partial charge in [-0.1, -0.05) is 24.3 Å². The molecule has 0 spiro atoms. The van der Waals surface area contributed by atoms with Gasteiger partial charge in [0.25, 0.3) is 0 Å². The smallest absolute Gasteiger partial charge is 0.218 e. The zero-order valence-corrected chi connectivity index (χ0v) is 13.1. The van der Waals surface area contributed by atoms with E-state index in [2.05, 4.69) is 0 Å². The van der Waals surface area contributed by atoms with Crippen molar-refractivity contribution in [2.45, 2.75) is 14.7 Å². The van der Waals surface area contributed by atoms with Crippen LogP contribution in [0.1, 0.15) is 0 Å². The molecule has 1 aliphatic heterocycles. The highest BCUT2D eigenvalue weighted by Crippen LogP contribution is 2.43. The van der Waals surface area contributed by atoms with Crippen molar-refractivity contribution < 1.29 is 16.8 Å². The number of hydrogen-bond acceptors (Lipinski definition) is 4. The average Bonchev–Trinajstić information content (AvgIpc) is 2.68. The highest BCUT2D eigenvalue weighted by atomic mass is 32.2. The Morgan fingerprint density at radius 2 is 1.52 bits per heavy atom. The van der Waals surface area contributed by atoms with Gasteiger partial charge in [0.1, 0.15) is 0 Å². The largest absolute Gasteiger partial charge is 0.242 e. The number of fused-ring (bicyclic) bond motifs is 3. The molecule has 0 aromatic heterocycles. The molecule has 5 nitrogen and oxygen atoms in total. The second kappa shape index (κ2) is 4.40. The standard InChI is InChI=1S/C14H13NO4S2/c1-15(2)21(18,19)10-7-8-12-11-5-3-4-6-13(11)20(16,17)14(12)9-10/h3-9H,1-2H3. The van der Waals surface area contributed by atoms with Crippen LogP contribution in [0.3, 0.4) is 0 Å². The number of nitrogens with zero attached hydrogens (tertiary/aromatic N) is 1. The van der Waals surface area contributed by atoms with Gasteiger partial charge >= 0.3 is 0 Å². The SMILES string of the molecule is CN(C)S(=O)(=O)c1ccc2c(c1)S(=O)(=O)c1ccccc1-2. The minimum Gasteiger partial charge on any atom is -0.218 e. The molecule has 0 amide bonds. The lowest BCUT2D eigenvalue weighted by atomic mass is 10.1. The molecule has 0 fully saturated rings. The second-order valence-electron chi connectivity index (χ2n) is 4.94. The summed E-state index contributed by atoms with van der Waals surface area (Å²) >= 11 is 0. The molecular formula is C14H13NO4S2. The first-order valence-electron chi connectivity index (χ1n) is 6.17. The first-order chi connectivity index (χ1) is 9.76. The summed E-state index contributed by atoms with van der Waals surface area (Å²) in [4.78, 5) is 0.244. The topological polar surface area (TPSA) is 71.5 Å². The van der Waals surface area contributed by atoms with Crippen LogP contribution in [-0.2, 0) is 19.9 Å². The van der Waals surface area contributed by atoms with Crippen LogP contribution in [0.15, 0.2) is 57.2 Å². The van der Waals surface area contributed by atoms with E-state index >= 15 is 0 Å². The fourth-order valence-corrected chi connectivity index (χ4v) is 5.08. The fourth-order valence-electron chi connectivity index (χ4n) is 2.36. The van der Waals surface area contributed by atoms with Crippen LogP contribution in [-0.4, -0.2) is 35.2 Å². The van der Waals surface area contributed by atoms with Crippen LogP contribution in [0.25, 0.3) is 11.1 Å². The predicted molar refractivity (Wildman–Crippen MR) is 78.2 cm³/mol. The fraction of sp³-hybridized carbons (Fsp3) is 0.143. The maximum Gasteiger partial charge on any atom is 0.242 e. The highest BCUT2D eigenvalue weighted by molar-refractivity contribution is 7.92. The zero-order valence-electron chi connectivity index (χ0n) is 11.4. The third-order valence-corrected chi connectivity index (χ3v) is 7.15. The Labute approximate surface area is 123 Å². The minimum atomic E-state index is -3.67. The minimum absolute atomic E-state index is 0.0253. The molecule has 2 aromatic rings. The van der Waals surface area contributed by atoms with Gasteiger partial charge in [0.2, 0.25) is 19.9 Å². The molecule has 0 saturated heterocycles. The van der Waals surface area contributed by atoms with Crippen molar-refractivity contribution >= 4 is 19.9 Å². The van der Waals surface area contributed by atoms with Crippen LogP contribution in [0.4, 0.5) is 0 Å². The molecule has 0 saturated carbocycles. The van der Waals surface area contributed by atoms with Gasteiger partial charge in [0.15, 0.2) is 0 Å². The van der Waals surface area contributed by atoms with E-state index in [1.54, 1.807) is 24.3 Å². The molecule has 7 heteroatoms. The van der Waals surface area contributed by atoms with E-state index in [1.165, 1.54) is 32.3 Å². The van der Waals surface area contributed by atoms with Crippen molar-refractivity contribution in [1.29, 1.82) is 0 Å². The average molecular weight is 323 g/mol. The number of hydrogen-bond donors (Lipinski definition) is 0. The molecule has 0 unspecified atom stereocenters. The monoisotopic (exact) mass is 323 g/mol. The normalized spacial score (nSPS) is 15.8. The summed E-state index contributed by atoms with van der Waals surface area (Å²) in [6.07, 6.45) is 0. The number of rotatable bonds is 2. The number of sulfonamides is 1. The Balaban J connectivity index is 2.31. The van der Waals surface area contributed by atoms with E-state index in [0.29, 0.717) is 11.1 Å². The van der Waals surface area contributed by atoms with Gasteiger partial charge in [0.05, 0.1) is 14.7 Å². The lowest BCUT2D eigenvalue weighted by Crippen LogP contribution is -2.22. The summed E-state index contributed by atoms with van der Waals surface area (Å²) in [5.41, 5.74) is 1.16. The van der Waals surface area contributed by atoms with Crippen molar-refractivity contribution in [2.75, 3.05) is 14.1 Å². The molecule has 0 N–H and O–H groups in total. The summed E-state index contributed by atoms with van der Waals surface area (Å²) in [5.74, 6) is 0. The van der Waals surface area contributed by atoms with Crippen molar-refractivity contribution in [3.63, 3.8) is 0 Å². The van der Waals surface area contributed by atoms with E-state index in [1.807, 2.05) is 0 Å². The summed E-state index contributed by atoms with van der Waals surface area (Å²) in [7, 11) is -4.51. The molecule has 0 atom stereocenters. The van der Waals surface area contributed by atoms with E-state index in [-0.39, 0.29) is 14.7 Å². The van der Waals surface area contributed by atoms with Crippen LogP contribution in [0.5, 0.6) is 0 Å². The molecular weight excluding hydrogens is 310 g/mol. The third kappa shape index (κ3) is 1.92. The van der Waals surface area contributed by atoms with Crippen LogP contribution in [0.2, 0.25) is 0 Å². The lowest BCUT2D eigenvalue weighted by Gasteiger charge is -2.12. The van der Waals surface area contributed by atoms with Crippen molar-refractivity contribution in [2.24, 2.45) is 0 Å². The molecule has 0 bridgehead atoms. The molecule has 1 heterocycles. The summed E-state index contributed by atoms with van der Waals surface area (Å²) < 4.78 is 50.4. The van der Waals surface area contributed by atoms with Gasteiger partial charge < -0.3 is 0 Å². The van der Waals surface area contributed by atoms with Crippen LogP contribution >= 0.6 is 0 Å². The van der Waals surface area contributed by atoms with Crippen molar-refractivity contribution in [1.82, 2.24) is 4.31 Å². The molecule has 21 heavy (non-hydrogen) atoms. The number of sulfone groups is 1. The predicted octanol–water partition coefficient (Wildman–Crippen LogP) is 1.75. The second-order valence-corrected chi connectivity index (χ2v) is 8.98. The van der Waals surface area contributed by atoms with Gasteiger partial charge in [-0.2, -0.15) is 0 Å². The Bertz CT molecular complexity index is 945. The quantitative estimate of drug-likeness (QED) is 0.720. The van der Waals surface area contributed by atoms with E-state index in [4.69, 9.17) is 0 Å². The highest BCUT2D eigenvalue weighted by Gasteiger charge is 2.34. The van der Waals surface area contributed by atoms with Crippen molar-refractivity contribution in [3.8, 4) is 11.1 Å². The Kier molecular flexibility index (Phi) is 2.98. The summed E-state index contributed by atoms with van der Waals surface area (Å²) in [5, 5.41) is 0. The van der Waals surface area contributed by atoms with Crippen LogP contribution < -0.4 is 0 Å². The molecule has 0 radical (unpaired) electrons. The van der Waals surface area contributed by atoms with Crippen molar-refractivity contribution in [3.05, 3.63) is 42.5 Å². The summed E-state index contributed by atoms with van der Waals surface area (Å²) in [6.45, 7) is 0. The van der Waals surface area contributed by atoms with E-state index in [9.17, 15) is 16.8 Å². The third-order valence-electron chi connectivity index (χ3n) is 3.49. The first kappa shape index (κ1) is 14.2. The summed E-state index contributed by atoms with van der Waals surface area (Å²) in [6, 6.07) is 10.9. The van der Waals surface area contributed by atoms with Gasteiger partial charge in [0, 0.05) is 25.2 Å². The molecule has 0 aliphatic carbocycles. The van der Waals surface area contributed by atoms with Crippen LogP contribution in [0, 0.1) is 0 Å². The maximum atomic E-state index is 12.5. The Hall–Kier alpha value is -1.70. The molecule has 2 aromatic carbocycles. The van der Waals surface area contributed by atoms with Gasteiger partial charge in [-0.15, -0.1) is 0 Å². The molecule has 110 valence electrons. The Morgan fingerprint density at radius 3 is 2.19 bits per heavy atom. The molecule has 3 rings (SSSR count).